The highest BCUT2D eigenvalue weighted by molar-refractivity contribution is 6.33. The van der Waals surface area contributed by atoms with Crippen molar-refractivity contribution in [2.75, 3.05) is 6.54 Å². The van der Waals surface area contributed by atoms with Gasteiger partial charge in [0, 0.05) is 6.04 Å². The van der Waals surface area contributed by atoms with Crippen LogP contribution >= 0.6 is 11.6 Å². The molecule has 2 rings (SSSR count). The summed E-state index contributed by atoms with van der Waals surface area (Å²) in [5.41, 5.74) is 0.309. The van der Waals surface area contributed by atoms with Gasteiger partial charge in [0.05, 0.1) is 17.1 Å². The first-order valence-corrected chi connectivity index (χ1v) is 8.38. The highest BCUT2D eigenvalue weighted by Crippen LogP contribution is 2.18. The van der Waals surface area contributed by atoms with E-state index in [2.05, 4.69) is 16.0 Å². The molecule has 0 bridgehead atoms. The van der Waals surface area contributed by atoms with Gasteiger partial charge in [0.25, 0.3) is 5.91 Å². The molecule has 0 saturated heterocycles. The van der Waals surface area contributed by atoms with Gasteiger partial charge < -0.3 is 16.0 Å². The van der Waals surface area contributed by atoms with Crippen molar-refractivity contribution in [3.05, 3.63) is 34.9 Å². The first kappa shape index (κ1) is 18.3. The molecule has 3 N–H and O–H groups in total. The molecule has 1 fully saturated rings. The van der Waals surface area contributed by atoms with Crippen LogP contribution in [0.4, 0.5) is 0 Å². The fourth-order valence-corrected chi connectivity index (χ4v) is 2.40. The molecule has 1 aliphatic carbocycles. The van der Waals surface area contributed by atoms with E-state index in [-0.39, 0.29) is 24.4 Å². The molecule has 0 heterocycles. The van der Waals surface area contributed by atoms with Crippen LogP contribution in [0.15, 0.2) is 24.3 Å². The molecule has 0 spiro atoms. The smallest absolute Gasteiger partial charge is 0.253 e. The van der Waals surface area contributed by atoms with Crippen LogP contribution in [0.5, 0.6) is 0 Å². The number of nitrogens with one attached hydrogen (secondary N) is 3. The van der Waals surface area contributed by atoms with Gasteiger partial charge in [0.15, 0.2) is 0 Å². The summed E-state index contributed by atoms with van der Waals surface area (Å²) in [5, 5.41) is 8.37. The fourth-order valence-electron chi connectivity index (χ4n) is 2.18. The molecule has 0 radical (unpaired) electrons. The van der Waals surface area contributed by atoms with Crippen LogP contribution in [0.2, 0.25) is 5.02 Å². The van der Waals surface area contributed by atoms with Gasteiger partial charge in [-0.1, -0.05) is 37.6 Å². The number of carbonyl (C=O) groups is 3. The minimum absolute atomic E-state index is 0.0967. The van der Waals surface area contributed by atoms with E-state index in [9.17, 15) is 14.4 Å². The summed E-state index contributed by atoms with van der Waals surface area (Å²) in [4.78, 5) is 36.3. The van der Waals surface area contributed by atoms with Crippen molar-refractivity contribution in [1.82, 2.24) is 16.0 Å². The third-order valence-electron chi connectivity index (χ3n) is 3.72. The van der Waals surface area contributed by atoms with E-state index >= 15 is 0 Å². The highest BCUT2D eigenvalue weighted by Gasteiger charge is 2.27. The molecular weight excluding hydrogens is 330 g/mol. The van der Waals surface area contributed by atoms with Gasteiger partial charge in [0.2, 0.25) is 11.8 Å². The first-order chi connectivity index (χ1) is 11.4. The molecule has 0 unspecified atom stereocenters. The monoisotopic (exact) mass is 351 g/mol. The Morgan fingerprint density at radius 3 is 2.46 bits per heavy atom. The topological polar surface area (TPSA) is 87.3 Å². The van der Waals surface area contributed by atoms with E-state index in [1.54, 1.807) is 24.3 Å². The SMILES string of the molecule is CC(C)[C@H](NC(=O)c1ccccc1Cl)C(=O)NCC(=O)NC1CC1. The largest absolute Gasteiger partial charge is 0.352 e. The lowest BCUT2D eigenvalue weighted by Gasteiger charge is -2.22. The number of benzene rings is 1. The zero-order valence-electron chi connectivity index (χ0n) is 13.8. The second-order valence-corrected chi connectivity index (χ2v) is 6.64. The standard InChI is InChI=1S/C17H22ClN3O3/c1-10(2)15(17(24)19-9-14(22)20-11-7-8-11)21-16(23)12-5-3-4-6-13(12)18/h3-6,10-11,15H,7-9H2,1-2H3,(H,19,24)(H,20,22)(H,21,23)/t15-/m0/s1. The van der Waals surface area contributed by atoms with Crippen molar-refractivity contribution in [3.63, 3.8) is 0 Å². The first-order valence-electron chi connectivity index (χ1n) is 8.01. The third-order valence-corrected chi connectivity index (χ3v) is 4.05. The predicted octanol–water partition coefficient (Wildman–Crippen LogP) is 1.49. The maximum absolute atomic E-state index is 12.3. The number of hydrogen-bond donors (Lipinski definition) is 3. The third kappa shape index (κ3) is 5.23. The van der Waals surface area contributed by atoms with Crippen LogP contribution < -0.4 is 16.0 Å². The highest BCUT2D eigenvalue weighted by atomic mass is 35.5. The van der Waals surface area contributed by atoms with Crippen LogP contribution in [-0.2, 0) is 9.59 Å². The van der Waals surface area contributed by atoms with Crippen molar-refractivity contribution >= 4 is 29.3 Å². The molecule has 7 heteroatoms. The molecule has 0 aliphatic heterocycles. The Labute approximate surface area is 146 Å². The van der Waals surface area contributed by atoms with E-state index in [1.807, 2.05) is 13.8 Å². The summed E-state index contributed by atoms with van der Waals surface area (Å²) in [7, 11) is 0. The van der Waals surface area contributed by atoms with Gasteiger partial charge in [-0.15, -0.1) is 0 Å². The van der Waals surface area contributed by atoms with Crippen molar-refractivity contribution in [3.8, 4) is 0 Å². The van der Waals surface area contributed by atoms with E-state index in [0.29, 0.717) is 10.6 Å². The summed E-state index contributed by atoms with van der Waals surface area (Å²) >= 11 is 6.00. The molecular formula is C17H22ClN3O3. The van der Waals surface area contributed by atoms with Crippen LogP contribution in [0.1, 0.15) is 37.0 Å². The van der Waals surface area contributed by atoms with Crippen molar-refractivity contribution in [1.29, 1.82) is 0 Å². The number of hydrogen-bond acceptors (Lipinski definition) is 3. The quantitative estimate of drug-likeness (QED) is 0.695. The summed E-state index contributed by atoms with van der Waals surface area (Å²) in [6.07, 6.45) is 1.98. The van der Waals surface area contributed by atoms with E-state index in [0.717, 1.165) is 12.8 Å². The normalized spacial score (nSPS) is 14.8. The maximum atomic E-state index is 12.3. The van der Waals surface area contributed by atoms with Crippen molar-refractivity contribution < 1.29 is 14.4 Å². The number of amides is 3. The van der Waals surface area contributed by atoms with Gasteiger partial charge in [0.1, 0.15) is 6.04 Å². The zero-order valence-corrected chi connectivity index (χ0v) is 14.5. The summed E-state index contributed by atoms with van der Waals surface area (Å²) in [6, 6.07) is 6.13. The lowest BCUT2D eigenvalue weighted by molar-refractivity contribution is -0.127. The Hall–Kier alpha value is -2.08. The van der Waals surface area contributed by atoms with Gasteiger partial charge in [-0.05, 0) is 30.9 Å². The van der Waals surface area contributed by atoms with Crippen LogP contribution in [0.3, 0.4) is 0 Å². The van der Waals surface area contributed by atoms with Gasteiger partial charge >= 0.3 is 0 Å². The molecule has 1 aromatic rings. The minimum atomic E-state index is -0.748. The van der Waals surface area contributed by atoms with Gasteiger partial charge in [-0.2, -0.15) is 0 Å². The molecule has 1 aromatic carbocycles. The minimum Gasteiger partial charge on any atom is -0.352 e. The second kappa shape index (κ2) is 8.15. The molecule has 0 aromatic heterocycles. The summed E-state index contributed by atoms with van der Waals surface area (Å²) in [6.45, 7) is 3.54. The molecule has 24 heavy (non-hydrogen) atoms. The maximum Gasteiger partial charge on any atom is 0.253 e. The second-order valence-electron chi connectivity index (χ2n) is 6.23. The molecule has 3 amide bonds. The fraction of sp³-hybridized carbons (Fsp3) is 0.471. The number of halogens is 1. The van der Waals surface area contributed by atoms with E-state index in [4.69, 9.17) is 11.6 Å². The van der Waals surface area contributed by atoms with Crippen LogP contribution in [0, 0.1) is 5.92 Å². The van der Waals surface area contributed by atoms with Gasteiger partial charge in [-0.25, -0.2) is 0 Å². The van der Waals surface area contributed by atoms with E-state index < -0.39 is 17.9 Å². The number of rotatable bonds is 7. The molecule has 6 nitrogen and oxygen atoms in total. The lowest BCUT2D eigenvalue weighted by atomic mass is 10.0. The Morgan fingerprint density at radius 1 is 1.21 bits per heavy atom. The Kier molecular flexibility index (Phi) is 6.20. The van der Waals surface area contributed by atoms with Crippen molar-refractivity contribution in [2.24, 2.45) is 5.92 Å². The van der Waals surface area contributed by atoms with Crippen LogP contribution in [0.25, 0.3) is 0 Å². The lowest BCUT2D eigenvalue weighted by Crippen LogP contribution is -2.51. The summed E-state index contributed by atoms with van der Waals surface area (Å²) < 4.78 is 0. The van der Waals surface area contributed by atoms with Gasteiger partial charge in [-0.3, -0.25) is 14.4 Å². The van der Waals surface area contributed by atoms with E-state index in [1.165, 1.54) is 0 Å². The summed E-state index contributed by atoms with van der Waals surface area (Å²) in [5.74, 6) is -1.16. The van der Waals surface area contributed by atoms with Crippen LogP contribution in [-0.4, -0.2) is 36.3 Å². The predicted molar refractivity (Wildman–Crippen MR) is 91.7 cm³/mol. The van der Waals surface area contributed by atoms with Crippen molar-refractivity contribution in [2.45, 2.75) is 38.8 Å². The molecule has 1 saturated carbocycles. The number of carbonyl (C=O) groups excluding carboxylic acids is 3. The molecule has 130 valence electrons. The molecule has 1 atom stereocenters. The zero-order chi connectivity index (χ0) is 17.7. The Morgan fingerprint density at radius 2 is 1.88 bits per heavy atom. The Balaban J connectivity index is 1.92. The Bertz CT molecular complexity index is 629. The molecule has 1 aliphatic rings. The average molecular weight is 352 g/mol. The average Bonchev–Trinajstić information content (AvgIpc) is 3.34.